The molecule has 0 aromatic heterocycles. The Morgan fingerprint density at radius 2 is 1.88 bits per heavy atom. The zero-order valence-electron chi connectivity index (χ0n) is 3.82. The van der Waals surface area contributed by atoms with Crippen LogP contribution in [0, 0.1) is 0 Å². The molecule has 0 aliphatic carbocycles. The molecular formula is C2H6ClO4P. The quantitative estimate of drug-likeness (QED) is 0.314. The van der Waals surface area contributed by atoms with Crippen molar-refractivity contribution >= 4 is 18.7 Å². The summed E-state index contributed by atoms with van der Waals surface area (Å²) in [6.45, 7) is -0.960. The van der Waals surface area contributed by atoms with Gasteiger partial charge in [0.15, 0.2) is 7.50 Å². The summed E-state index contributed by atoms with van der Waals surface area (Å²) in [7, 11) is -2.41. The third-order valence-corrected chi connectivity index (χ3v) is 2.05. The molecule has 0 aromatic rings. The average molecular weight is 160 g/mol. The summed E-state index contributed by atoms with van der Waals surface area (Å²) in [6.07, 6.45) is 0. The number of hydrogen-bond donors (Lipinski definition) is 4. The summed E-state index contributed by atoms with van der Waals surface area (Å²) < 4.78 is 0. The van der Waals surface area contributed by atoms with Gasteiger partial charge in [-0.3, -0.25) is 0 Å². The Morgan fingerprint density at radius 3 is 1.88 bits per heavy atom. The predicted octanol–water partition coefficient (Wildman–Crippen LogP) is -0.840. The molecule has 50 valence electrons. The van der Waals surface area contributed by atoms with E-state index in [1.54, 1.807) is 0 Å². The zero-order valence-corrected chi connectivity index (χ0v) is 5.47. The van der Waals surface area contributed by atoms with Gasteiger partial charge in [-0.25, -0.2) is 0 Å². The Bertz CT molecular complexity index is 74.4. The van der Waals surface area contributed by atoms with Crippen molar-refractivity contribution in [1.82, 2.24) is 0 Å². The van der Waals surface area contributed by atoms with Crippen molar-refractivity contribution in [3.05, 3.63) is 0 Å². The summed E-state index contributed by atoms with van der Waals surface area (Å²) in [6, 6.07) is 0. The fraction of sp³-hybridized carbons (Fsp3) is 1.00. The molecule has 0 spiro atoms. The second kappa shape index (κ2) is 2.92. The first-order valence-corrected chi connectivity index (χ1v) is 3.91. The first-order chi connectivity index (χ1) is 3.50. The molecule has 0 amide bonds. The molecule has 0 rings (SSSR count). The van der Waals surface area contributed by atoms with E-state index in [0.29, 0.717) is 0 Å². The third-order valence-electron chi connectivity index (χ3n) is 0.508. The standard InChI is InChI=1S/C2H6ClO4P/c3-8(7)2(5,6)1-4/h4-7H,1H2. The maximum Gasteiger partial charge on any atom is 0.246 e. The monoisotopic (exact) mass is 160 g/mol. The van der Waals surface area contributed by atoms with Crippen molar-refractivity contribution in [2.24, 2.45) is 0 Å². The Hall–Kier alpha value is 0.560. The van der Waals surface area contributed by atoms with Crippen molar-refractivity contribution in [1.29, 1.82) is 0 Å². The number of hydrogen-bond acceptors (Lipinski definition) is 4. The van der Waals surface area contributed by atoms with Gasteiger partial charge in [-0.1, -0.05) is 11.2 Å². The van der Waals surface area contributed by atoms with Gasteiger partial charge in [0.05, 0.1) is 0 Å². The van der Waals surface area contributed by atoms with Crippen LogP contribution < -0.4 is 0 Å². The molecule has 0 aliphatic rings. The lowest BCUT2D eigenvalue weighted by Crippen LogP contribution is -2.28. The van der Waals surface area contributed by atoms with E-state index in [4.69, 9.17) is 31.5 Å². The van der Waals surface area contributed by atoms with Gasteiger partial charge in [-0.15, -0.1) is 0 Å². The second-order valence-electron chi connectivity index (χ2n) is 1.19. The SMILES string of the molecule is OCC(O)(O)P(O)Cl. The molecule has 0 aromatic carbocycles. The van der Waals surface area contributed by atoms with Crippen molar-refractivity contribution in [2.75, 3.05) is 6.61 Å². The molecule has 0 saturated carbocycles. The third kappa shape index (κ3) is 2.22. The zero-order chi connectivity index (χ0) is 6.78. The lowest BCUT2D eigenvalue weighted by molar-refractivity contribution is -0.117. The maximum absolute atomic E-state index is 8.35. The summed E-state index contributed by atoms with van der Waals surface area (Å²) in [5.41, 5.74) is -2.52. The Labute approximate surface area is 52.0 Å². The first kappa shape index (κ1) is 8.56. The van der Waals surface area contributed by atoms with Gasteiger partial charge in [0, 0.05) is 0 Å². The van der Waals surface area contributed by atoms with Gasteiger partial charge in [0.25, 0.3) is 0 Å². The Kier molecular flexibility index (Phi) is 3.12. The van der Waals surface area contributed by atoms with Crippen LogP contribution in [0.3, 0.4) is 0 Å². The summed E-state index contributed by atoms with van der Waals surface area (Å²) in [4.78, 5) is 8.25. The lowest BCUT2D eigenvalue weighted by atomic mass is 10.7. The minimum absolute atomic E-state index is 0.960. The second-order valence-corrected chi connectivity index (χ2v) is 3.39. The van der Waals surface area contributed by atoms with Crippen LogP contribution in [-0.4, -0.2) is 32.3 Å². The molecule has 0 fully saturated rings. The van der Waals surface area contributed by atoms with Gasteiger partial charge in [0.1, 0.15) is 6.61 Å². The topological polar surface area (TPSA) is 80.9 Å². The Morgan fingerprint density at radius 1 is 1.50 bits per heavy atom. The number of aliphatic hydroxyl groups excluding tert-OH is 1. The summed E-state index contributed by atoms with van der Waals surface area (Å²) in [5.74, 6) is 0. The molecule has 4 N–H and O–H groups in total. The van der Waals surface area contributed by atoms with Crippen molar-refractivity contribution in [3.63, 3.8) is 0 Å². The van der Waals surface area contributed by atoms with Gasteiger partial charge in [0.2, 0.25) is 5.53 Å². The van der Waals surface area contributed by atoms with Crippen LogP contribution in [0.1, 0.15) is 0 Å². The number of aliphatic hydroxyl groups is 3. The predicted molar refractivity (Wildman–Crippen MR) is 29.2 cm³/mol. The fourth-order valence-electron chi connectivity index (χ4n) is 0.0583. The van der Waals surface area contributed by atoms with Crippen molar-refractivity contribution in [2.45, 2.75) is 5.53 Å². The van der Waals surface area contributed by atoms with Gasteiger partial charge in [-0.2, -0.15) is 0 Å². The van der Waals surface area contributed by atoms with Crippen LogP contribution in [0.2, 0.25) is 0 Å². The first-order valence-electron chi connectivity index (χ1n) is 1.71. The van der Waals surface area contributed by atoms with E-state index in [1.165, 1.54) is 0 Å². The fourth-order valence-corrected chi connectivity index (χ4v) is 0.335. The van der Waals surface area contributed by atoms with E-state index >= 15 is 0 Å². The van der Waals surface area contributed by atoms with E-state index < -0.39 is 19.6 Å². The molecule has 0 radical (unpaired) electrons. The molecule has 1 atom stereocenters. The minimum Gasteiger partial charge on any atom is -0.390 e. The minimum atomic E-state index is -2.52. The normalized spacial score (nSPS) is 16.1. The van der Waals surface area contributed by atoms with E-state index in [2.05, 4.69) is 0 Å². The van der Waals surface area contributed by atoms with Crippen LogP contribution in [-0.2, 0) is 0 Å². The molecule has 0 heterocycles. The average Bonchev–Trinajstić information content (AvgIpc) is 1.67. The van der Waals surface area contributed by atoms with Crippen LogP contribution in [0.4, 0.5) is 0 Å². The molecule has 0 saturated heterocycles. The van der Waals surface area contributed by atoms with Crippen molar-refractivity contribution < 1.29 is 20.2 Å². The van der Waals surface area contributed by atoms with E-state index in [9.17, 15) is 0 Å². The summed E-state index contributed by atoms with van der Waals surface area (Å²) in [5, 5.41) is 24.7. The van der Waals surface area contributed by atoms with Crippen LogP contribution in [0.25, 0.3) is 0 Å². The molecule has 0 bridgehead atoms. The molecule has 1 unspecified atom stereocenters. The maximum atomic E-state index is 8.35. The van der Waals surface area contributed by atoms with Gasteiger partial charge in [-0.05, 0) is 0 Å². The smallest absolute Gasteiger partial charge is 0.246 e. The lowest BCUT2D eigenvalue weighted by Gasteiger charge is -2.18. The molecule has 8 heavy (non-hydrogen) atoms. The van der Waals surface area contributed by atoms with Crippen LogP contribution in [0.5, 0.6) is 0 Å². The molecule has 6 heteroatoms. The van der Waals surface area contributed by atoms with E-state index in [1.807, 2.05) is 0 Å². The van der Waals surface area contributed by atoms with E-state index in [-0.39, 0.29) is 0 Å². The number of halogens is 1. The largest absolute Gasteiger partial charge is 0.390 e. The van der Waals surface area contributed by atoms with Gasteiger partial charge < -0.3 is 20.2 Å². The molecule has 4 nitrogen and oxygen atoms in total. The van der Waals surface area contributed by atoms with Crippen LogP contribution in [0.15, 0.2) is 0 Å². The summed E-state index contributed by atoms with van der Waals surface area (Å²) >= 11 is 4.83. The van der Waals surface area contributed by atoms with E-state index in [0.717, 1.165) is 0 Å². The molecule has 0 aliphatic heterocycles. The highest BCUT2D eigenvalue weighted by Gasteiger charge is 2.31. The molecular weight excluding hydrogens is 154 g/mol. The van der Waals surface area contributed by atoms with Gasteiger partial charge >= 0.3 is 0 Å². The highest BCUT2D eigenvalue weighted by Crippen LogP contribution is 2.46. The van der Waals surface area contributed by atoms with Crippen LogP contribution >= 0.6 is 18.7 Å². The Balaban J connectivity index is 3.71. The number of rotatable bonds is 2. The highest BCUT2D eigenvalue weighted by molar-refractivity contribution is 7.80. The highest BCUT2D eigenvalue weighted by atomic mass is 35.7. The van der Waals surface area contributed by atoms with Crippen molar-refractivity contribution in [3.8, 4) is 0 Å².